The van der Waals surface area contributed by atoms with Crippen molar-refractivity contribution < 1.29 is 14.3 Å². The molecule has 0 spiro atoms. The summed E-state index contributed by atoms with van der Waals surface area (Å²) in [5.41, 5.74) is 6.20. The third-order valence-electron chi connectivity index (χ3n) is 4.29. The molecule has 3 rings (SSSR count). The first kappa shape index (κ1) is 17.8. The lowest BCUT2D eigenvalue weighted by Crippen LogP contribution is -2.50. The number of morpholine rings is 1. The van der Waals surface area contributed by atoms with Gasteiger partial charge in [-0.15, -0.1) is 0 Å². The van der Waals surface area contributed by atoms with Gasteiger partial charge in [-0.3, -0.25) is 0 Å². The van der Waals surface area contributed by atoms with Crippen LogP contribution < -0.4 is 10.6 Å². The van der Waals surface area contributed by atoms with Crippen LogP contribution in [-0.2, 0) is 9.47 Å². The molecule has 2 fully saturated rings. The van der Waals surface area contributed by atoms with Gasteiger partial charge >= 0.3 is 6.09 Å². The van der Waals surface area contributed by atoms with Crippen LogP contribution in [-0.4, -0.2) is 60.0 Å². The van der Waals surface area contributed by atoms with E-state index in [0.717, 1.165) is 31.6 Å². The maximum Gasteiger partial charge on any atom is 0.410 e. The molecule has 1 saturated heterocycles. The van der Waals surface area contributed by atoms with Crippen LogP contribution in [0.2, 0.25) is 0 Å². The Hall–Kier alpha value is -2.02. The molecule has 138 valence electrons. The van der Waals surface area contributed by atoms with E-state index in [2.05, 4.69) is 9.88 Å². The van der Waals surface area contributed by atoms with Crippen LogP contribution in [0.4, 0.5) is 16.3 Å². The van der Waals surface area contributed by atoms with Crippen molar-refractivity contribution in [3.05, 3.63) is 18.3 Å². The van der Waals surface area contributed by atoms with Gasteiger partial charge in [-0.05, 0) is 45.7 Å². The first-order valence-electron chi connectivity index (χ1n) is 8.89. The molecule has 1 aliphatic heterocycles. The topological polar surface area (TPSA) is 80.9 Å². The van der Waals surface area contributed by atoms with Crippen molar-refractivity contribution in [1.29, 1.82) is 0 Å². The lowest BCUT2D eigenvalue weighted by molar-refractivity contribution is -0.00903. The molecule has 1 aromatic rings. The van der Waals surface area contributed by atoms with Crippen molar-refractivity contribution in [2.75, 3.05) is 36.9 Å². The van der Waals surface area contributed by atoms with E-state index in [1.54, 1.807) is 12.3 Å². The molecule has 7 heteroatoms. The average molecular weight is 348 g/mol. The smallest absolute Gasteiger partial charge is 0.410 e. The minimum atomic E-state index is -0.487. The number of hydrogen-bond donors (Lipinski definition) is 1. The number of amides is 1. The summed E-state index contributed by atoms with van der Waals surface area (Å²) in [6.07, 6.45) is 3.57. The summed E-state index contributed by atoms with van der Waals surface area (Å²) in [5, 5.41) is 0. The maximum atomic E-state index is 12.5. The van der Waals surface area contributed by atoms with Crippen LogP contribution in [0, 0.1) is 0 Å². The predicted molar refractivity (Wildman–Crippen MR) is 96.6 cm³/mol. The van der Waals surface area contributed by atoms with Crippen LogP contribution in [0.15, 0.2) is 18.3 Å². The fourth-order valence-electron chi connectivity index (χ4n) is 2.95. The second-order valence-electron chi connectivity index (χ2n) is 7.74. The van der Waals surface area contributed by atoms with Gasteiger partial charge in [-0.25, -0.2) is 9.78 Å². The fraction of sp³-hybridized carbons (Fsp3) is 0.667. The zero-order chi connectivity index (χ0) is 18.0. The number of pyridine rings is 1. The largest absolute Gasteiger partial charge is 0.444 e. The van der Waals surface area contributed by atoms with Gasteiger partial charge < -0.3 is 25.0 Å². The molecule has 0 radical (unpaired) electrons. The maximum absolute atomic E-state index is 12.5. The number of aromatic nitrogens is 1. The first-order chi connectivity index (χ1) is 11.8. The summed E-state index contributed by atoms with van der Waals surface area (Å²) in [7, 11) is 0. The summed E-state index contributed by atoms with van der Waals surface area (Å²) >= 11 is 0. The highest BCUT2D eigenvalue weighted by molar-refractivity contribution is 5.69. The van der Waals surface area contributed by atoms with E-state index in [-0.39, 0.29) is 18.2 Å². The van der Waals surface area contributed by atoms with E-state index >= 15 is 0 Å². The third-order valence-corrected chi connectivity index (χ3v) is 4.29. The zero-order valence-electron chi connectivity index (χ0n) is 15.3. The van der Waals surface area contributed by atoms with Gasteiger partial charge in [0, 0.05) is 19.1 Å². The Morgan fingerprint density at radius 2 is 2.20 bits per heavy atom. The van der Waals surface area contributed by atoms with Crippen molar-refractivity contribution in [2.45, 2.75) is 51.4 Å². The van der Waals surface area contributed by atoms with Crippen molar-refractivity contribution in [1.82, 2.24) is 9.88 Å². The number of nitrogens with zero attached hydrogens (tertiary/aromatic N) is 3. The summed E-state index contributed by atoms with van der Waals surface area (Å²) < 4.78 is 11.5. The second-order valence-corrected chi connectivity index (χ2v) is 7.74. The molecule has 25 heavy (non-hydrogen) atoms. The van der Waals surface area contributed by atoms with E-state index in [0.29, 0.717) is 19.0 Å². The fourth-order valence-corrected chi connectivity index (χ4v) is 2.95. The molecular weight excluding hydrogens is 320 g/mol. The summed E-state index contributed by atoms with van der Waals surface area (Å²) in [5.74, 6) is 0.512. The number of ether oxygens (including phenoxy) is 2. The molecule has 1 aliphatic carbocycles. The number of rotatable bonds is 4. The number of carbonyl (C=O) groups excluding carboxylic acids is 1. The Morgan fingerprint density at radius 3 is 2.80 bits per heavy atom. The number of nitrogens with two attached hydrogens (primary N) is 1. The van der Waals surface area contributed by atoms with Gasteiger partial charge in [0.2, 0.25) is 0 Å². The molecule has 2 heterocycles. The highest BCUT2D eigenvalue weighted by Crippen LogP contribution is 2.29. The van der Waals surface area contributed by atoms with Crippen LogP contribution in [0.1, 0.15) is 33.6 Å². The van der Waals surface area contributed by atoms with Crippen molar-refractivity contribution >= 4 is 17.6 Å². The minimum absolute atomic E-state index is 0.0422. The van der Waals surface area contributed by atoms with Crippen LogP contribution >= 0.6 is 0 Å². The molecule has 0 aromatic carbocycles. The van der Waals surface area contributed by atoms with Gasteiger partial charge in [-0.2, -0.15) is 0 Å². The molecule has 0 bridgehead atoms. The number of carbonyl (C=O) groups is 1. The van der Waals surface area contributed by atoms with Gasteiger partial charge in [0.25, 0.3) is 0 Å². The Balaban J connectivity index is 1.62. The molecule has 2 N–H and O–H groups in total. The SMILES string of the molecule is CC(C)(C)OC(=O)N(C[C@H]1CN(c2ccc(N)nc2)CCO1)C1CC1. The minimum Gasteiger partial charge on any atom is -0.444 e. The standard InChI is InChI=1S/C18H28N4O3/c1-18(2,3)25-17(23)22(13-4-5-13)12-15-11-21(8-9-24-15)14-6-7-16(19)20-10-14/h6-7,10,13,15H,4-5,8-9,11-12H2,1-3H3,(H2,19,20)/t15-/m1/s1. The molecule has 1 aromatic heterocycles. The monoisotopic (exact) mass is 348 g/mol. The molecule has 0 unspecified atom stereocenters. The lowest BCUT2D eigenvalue weighted by atomic mass is 10.2. The Labute approximate surface area is 149 Å². The third kappa shape index (κ3) is 4.98. The molecular formula is C18H28N4O3. The van der Waals surface area contributed by atoms with E-state index < -0.39 is 5.60 Å². The van der Waals surface area contributed by atoms with Gasteiger partial charge in [0.05, 0.1) is 31.1 Å². The number of nitrogen functional groups attached to an aromatic ring is 1. The quantitative estimate of drug-likeness (QED) is 0.899. The summed E-state index contributed by atoms with van der Waals surface area (Å²) in [6.45, 7) is 8.38. The lowest BCUT2D eigenvalue weighted by Gasteiger charge is -2.37. The Bertz CT molecular complexity index is 595. The van der Waals surface area contributed by atoms with Gasteiger partial charge in [0.1, 0.15) is 11.4 Å². The van der Waals surface area contributed by atoms with Crippen LogP contribution in [0.3, 0.4) is 0 Å². The summed E-state index contributed by atoms with van der Waals surface area (Å²) in [6, 6.07) is 4.06. The van der Waals surface area contributed by atoms with Crippen molar-refractivity contribution in [2.24, 2.45) is 0 Å². The zero-order valence-corrected chi connectivity index (χ0v) is 15.3. The van der Waals surface area contributed by atoms with Crippen molar-refractivity contribution in [3.63, 3.8) is 0 Å². The van der Waals surface area contributed by atoms with Crippen molar-refractivity contribution in [3.8, 4) is 0 Å². The van der Waals surface area contributed by atoms with Gasteiger partial charge in [0.15, 0.2) is 0 Å². The average Bonchev–Trinajstić information content (AvgIpc) is 3.36. The molecule has 7 nitrogen and oxygen atoms in total. The summed E-state index contributed by atoms with van der Waals surface area (Å²) in [4.78, 5) is 20.7. The highest BCUT2D eigenvalue weighted by atomic mass is 16.6. The van der Waals surface area contributed by atoms with E-state index in [4.69, 9.17) is 15.2 Å². The van der Waals surface area contributed by atoms with Crippen LogP contribution in [0.5, 0.6) is 0 Å². The normalized spacial score (nSPS) is 21.1. The van der Waals surface area contributed by atoms with E-state index in [1.807, 2.05) is 31.7 Å². The molecule has 1 atom stereocenters. The number of hydrogen-bond acceptors (Lipinski definition) is 6. The predicted octanol–water partition coefficient (Wildman–Crippen LogP) is 2.27. The van der Waals surface area contributed by atoms with E-state index in [1.165, 1.54) is 0 Å². The Morgan fingerprint density at radius 1 is 1.44 bits per heavy atom. The Kier molecular flexibility index (Phi) is 5.03. The highest BCUT2D eigenvalue weighted by Gasteiger charge is 2.37. The first-order valence-corrected chi connectivity index (χ1v) is 8.89. The van der Waals surface area contributed by atoms with Gasteiger partial charge in [-0.1, -0.05) is 0 Å². The van der Waals surface area contributed by atoms with E-state index in [9.17, 15) is 4.79 Å². The molecule has 2 aliphatic rings. The second kappa shape index (κ2) is 7.07. The number of anilines is 2. The molecule has 1 amide bonds. The van der Waals surface area contributed by atoms with Crippen LogP contribution in [0.25, 0.3) is 0 Å². The molecule has 1 saturated carbocycles.